The second kappa shape index (κ2) is 5.01. The Balaban J connectivity index is 2.61. The van der Waals surface area contributed by atoms with Crippen LogP contribution in [0.2, 0.25) is 0 Å². The second-order valence-electron chi connectivity index (χ2n) is 3.53. The Labute approximate surface area is 102 Å². The second-order valence-corrected chi connectivity index (χ2v) is 5.49. The SMILES string of the molecule is CC(N)(CSc1cccc(Br)c1)C(N)=O. The number of nitrogens with two attached hydrogens (primary N) is 2. The highest BCUT2D eigenvalue weighted by atomic mass is 79.9. The van der Waals surface area contributed by atoms with E-state index < -0.39 is 11.4 Å². The third kappa shape index (κ3) is 3.85. The number of amides is 1. The quantitative estimate of drug-likeness (QED) is 0.830. The molecule has 1 rings (SSSR count). The Hall–Kier alpha value is -0.520. The lowest BCUT2D eigenvalue weighted by Crippen LogP contribution is -2.51. The summed E-state index contributed by atoms with van der Waals surface area (Å²) < 4.78 is 1.00. The fourth-order valence-corrected chi connectivity index (χ4v) is 2.41. The zero-order valence-electron chi connectivity index (χ0n) is 8.37. The standard InChI is InChI=1S/C10H13BrN2OS/c1-10(13,9(12)14)6-15-8-4-2-3-7(11)5-8/h2-5H,6,13H2,1H3,(H2,12,14). The van der Waals surface area contributed by atoms with Crippen LogP contribution in [0.5, 0.6) is 0 Å². The van der Waals surface area contributed by atoms with Crippen LogP contribution in [0.25, 0.3) is 0 Å². The molecule has 0 heterocycles. The van der Waals surface area contributed by atoms with Crippen LogP contribution in [0.3, 0.4) is 0 Å². The monoisotopic (exact) mass is 288 g/mol. The predicted octanol–water partition coefficient (Wildman–Crippen LogP) is 1.74. The number of rotatable bonds is 4. The summed E-state index contributed by atoms with van der Waals surface area (Å²) in [5.74, 6) is -0.0105. The van der Waals surface area contributed by atoms with Gasteiger partial charge in [0.05, 0.1) is 0 Å². The third-order valence-electron chi connectivity index (χ3n) is 1.90. The van der Waals surface area contributed by atoms with Crippen LogP contribution in [-0.4, -0.2) is 17.2 Å². The van der Waals surface area contributed by atoms with Gasteiger partial charge in [-0.05, 0) is 25.1 Å². The molecule has 0 aliphatic carbocycles. The molecule has 0 saturated carbocycles. The maximum atomic E-state index is 11.0. The van der Waals surface area contributed by atoms with Gasteiger partial charge in [0.1, 0.15) is 5.54 Å². The van der Waals surface area contributed by atoms with Crippen molar-refractivity contribution >= 4 is 33.6 Å². The van der Waals surface area contributed by atoms with Crippen molar-refractivity contribution in [3.63, 3.8) is 0 Å². The summed E-state index contributed by atoms with van der Waals surface area (Å²) in [4.78, 5) is 12.0. The van der Waals surface area contributed by atoms with E-state index in [1.807, 2.05) is 24.3 Å². The maximum absolute atomic E-state index is 11.0. The Bertz CT molecular complexity index is 368. The lowest BCUT2D eigenvalue weighted by molar-refractivity contribution is -0.121. The molecule has 1 aromatic carbocycles. The Morgan fingerprint density at radius 1 is 1.60 bits per heavy atom. The van der Waals surface area contributed by atoms with Crippen LogP contribution in [-0.2, 0) is 4.79 Å². The topological polar surface area (TPSA) is 69.1 Å². The number of carbonyl (C=O) groups excluding carboxylic acids is 1. The van der Waals surface area contributed by atoms with E-state index in [1.165, 1.54) is 11.8 Å². The molecule has 0 aliphatic heterocycles. The van der Waals surface area contributed by atoms with Gasteiger partial charge >= 0.3 is 0 Å². The van der Waals surface area contributed by atoms with Crippen LogP contribution < -0.4 is 11.5 Å². The van der Waals surface area contributed by atoms with Gasteiger partial charge in [-0.1, -0.05) is 22.0 Å². The highest BCUT2D eigenvalue weighted by Gasteiger charge is 2.25. The van der Waals surface area contributed by atoms with E-state index in [9.17, 15) is 4.79 Å². The number of carbonyl (C=O) groups is 1. The van der Waals surface area contributed by atoms with Crippen molar-refractivity contribution < 1.29 is 4.79 Å². The van der Waals surface area contributed by atoms with Crippen LogP contribution in [0.4, 0.5) is 0 Å². The summed E-state index contributed by atoms with van der Waals surface area (Å²) in [6.45, 7) is 1.64. The first-order chi connectivity index (χ1) is 6.92. The van der Waals surface area contributed by atoms with E-state index in [1.54, 1.807) is 6.92 Å². The van der Waals surface area contributed by atoms with Crippen LogP contribution in [0, 0.1) is 0 Å². The molecule has 1 unspecified atom stereocenters. The van der Waals surface area contributed by atoms with Crippen LogP contribution in [0.1, 0.15) is 6.92 Å². The molecule has 0 aliphatic rings. The first kappa shape index (κ1) is 12.5. The van der Waals surface area contributed by atoms with Crippen LogP contribution >= 0.6 is 27.7 Å². The molecule has 3 nitrogen and oxygen atoms in total. The molecule has 0 radical (unpaired) electrons. The smallest absolute Gasteiger partial charge is 0.238 e. The van der Waals surface area contributed by atoms with Crippen molar-refractivity contribution in [3.05, 3.63) is 28.7 Å². The van der Waals surface area contributed by atoms with Crippen molar-refractivity contribution in [1.82, 2.24) is 0 Å². The summed E-state index contributed by atoms with van der Waals surface area (Å²) in [6, 6.07) is 7.82. The van der Waals surface area contributed by atoms with E-state index in [4.69, 9.17) is 11.5 Å². The highest BCUT2D eigenvalue weighted by molar-refractivity contribution is 9.10. The highest BCUT2D eigenvalue weighted by Crippen LogP contribution is 2.24. The van der Waals surface area contributed by atoms with Gasteiger partial charge in [-0.25, -0.2) is 0 Å². The van der Waals surface area contributed by atoms with E-state index in [0.717, 1.165) is 9.37 Å². The normalized spacial score (nSPS) is 14.6. The van der Waals surface area contributed by atoms with E-state index in [2.05, 4.69) is 15.9 Å². The lowest BCUT2D eigenvalue weighted by atomic mass is 10.1. The van der Waals surface area contributed by atoms with E-state index in [-0.39, 0.29) is 0 Å². The first-order valence-electron chi connectivity index (χ1n) is 4.39. The minimum absolute atomic E-state index is 0.471. The summed E-state index contributed by atoms with van der Waals surface area (Å²) in [5.41, 5.74) is 9.95. The van der Waals surface area contributed by atoms with E-state index >= 15 is 0 Å². The molecule has 5 heteroatoms. The summed E-state index contributed by atoms with van der Waals surface area (Å²) in [5, 5.41) is 0. The molecule has 1 atom stereocenters. The zero-order valence-corrected chi connectivity index (χ0v) is 10.8. The molecule has 4 N–H and O–H groups in total. The largest absolute Gasteiger partial charge is 0.368 e. The van der Waals surface area contributed by atoms with Gasteiger partial charge in [-0.2, -0.15) is 0 Å². The van der Waals surface area contributed by atoms with Gasteiger partial charge in [0, 0.05) is 15.1 Å². The number of thioether (sulfide) groups is 1. The van der Waals surface area contributed by atoms with Gasteiger partial charge in [0.15, 0.2) is 0 Å². The molecule has 0 aromatic heterocycles. The molecule has 0 bridgehead atoms. The molecule has 0 fully saturated rings. The number of hydrogen-bond donors (Lipinski definition) is 2. The van der Waals surface area contributed by atoms with E-state index in [0.29, 0.717) is 5.75 Å². The van der Waals surface area contributed by atoms with Gasteiger partial charge in [0.25, 0.3) is 0 Å². The Morgan fingerprint density at radius 2 is 2.27 bits per heavy atom. The molecule has 0 saturated heterocycles. The molecule has 0 spiro atoms. The number of primary amides is 1. The van der Waals surface area contributed by atoms with Gasteiger partial charge < -0.3 is 11.5 Å². The summed E-state index contributed by atoms with van der Waals surface area (Å²) in [7, 11) is 0. The van der Waals surface area contributed by atoms with Gasteiger partial charge in [0.2, 0.25) is 5.91 Å². The van der Waals surface area contributed by atoms with Crippen molar-refractivity contribution in [1.29, 1.82) is 0 Å². The van der Waals surface area contributed by atoms with Crippen molar-refractivity contribution in [2.45, 2.75) is 17.4 Å². The summed E-state index contributed by atoms with van der Waals surface area (Å²) >= 11 is 4.89. The lowest BCUT2D eigenvalue weighted by Gasteiger charge is -2.19. The molecule has 15 heavy (non-hydrogen) atoms. The minimum atomic E-state index is -0.965. The molecular formula is C10H13BrN2OS. The molecule has 82 valence electrons. The number of benzene rings is 1. The van der Waals surface area contributed by atoms with Gasteiger partial charge in [-0.3, -0.25) is 4.79 Å². The zero-order chi connectivity index (χ0) is 11.5. The maximum Gasteiger partial charge on any atom is 0.238 e. The Kier molecular flexibility index (Phi) is 4.19. The van der Waals surface area contributed by atoms with Crippen LogP contribution in [0.15, 0.2) is 33.6 Å². The predicted molar refractivity (Wildman–Crippen MR) is 66.7 cm³/mol. The van der Waals surface area contributed by atoms with Crippen molar-refractivity contribution in [2.24, 2.45) is 11.5 Å². The van der Waals surface area contributed by atoms with Crippen molar-refractivity contribution in [2.75, 3.05) is 5.75 Å². The average Bonchev–Trinajstić information content (AvgIpc) is 2.15. The molecular weight excluding hydrogens is 276 g/mol. The first-order valence-corrected chi connectivity index (χ1v) is 6.17. The third-order valence-corrected chi connectivity index (χ3v) is 3.72. The summed E-state index contributed by atoms with van der Waals surface area (Å²) in [6.07, 6.45) is 0. The number of halogens is 1. The fraction of sp³-hybridized carbons (Fsp3) is 0.300. The molecule has 1 aromatic rings. The van der Waals surface area contributed by atoms with Crippen molar-refractivity contribution in [3.8, 4) is 0 Å². The fourth-order valence-electron chi connectivity index (χ4n) is 0.861. The van der Waals surface area contributed by atoms with Gasteiger partial charge in [-0.15, -0.1) is 11.8 Å². The molecule has 1 amide bonds. The minimum Gasteiger partial charge on any atom is -0.368 e. The number of hydrogen-bond acceptors (Lipinski definition) is 3. The Morgan fingerprint density at radius 3 is 2.80 bits per heavy atom. The average molecular weight is 289 g/mol.